The maximum absolute atomic E-state index is 12.7. The number of aromatic nitrogens is 6. The van der Waals surface area contributed by atoms with Crippen LogP contribution in [-0.2, 0) is 17.8 Å². The molecule has 10 heteroatoms. The molecule has 0 N–H and O–H groups in total. The summed E-state index contributed by atoms with van der Waals surface area (Å²) in [5.74, 6) is 2.13. The van der Waals surface area contributed by atoms with Crippen molar-refractivity contribution in [2.75, 3.05) is 13.1 Å². The lowest BCUT2D eigenvalue weighted by Gasteiger charge is -2.29. The number of aryl methyl sites for hydroxylation is 2. The highest BCUT2D eigenvalue weighted by molar-refractivity contribution is 6.30. The molecule has 3 heterocycles. The number of carbonyl (C=O) groups is 1. The van der Waals surface area contributed by atoms with Crippen molar-refractivity contribution in [3.05, 3.63) is 58.0 Å². The van der Waals surface area contributed by atoms with Gasteiger partial charge in [0.25, 0.3) is 0 Å². The Kier molecular flexibility index (Phi) is 6.41. The molecule has 4 rings (SSSR count). The van der Waals surface area contributed by atoms with E-state index in [-0.39, 0.29) is 11.8 Å². The predicted octanol–water partition coefficient (Wildman–Crippen LogP) is 3.05. The first-order valence-electron chi connectivity index (χ1n) is 10.3. The minimum atomic E-state index is -0.0196. The molecule has 1 fully saturated rings. The third-order valence-electron chi connectivity index (χ3n) is 5.32. The molecule has 0 aliphatic carbocycles. The number of hydrogen-bond donors (Lipinski definition) is 0. The Morgan fingerprint density at radius 1 is 1.26 bits per heavy atom. The van der Waals surface area contributed by atoms with Gasteiger partial charge in [-0.15, -0.1) is 20.4 Å². The Hall–Kier alpha value is -3.07. The Bertz CT molecular complexity index is 1080. The van der Waals surface area contributed by atoms with Gasteiger partial charge in [-0.25, -0.2) is 0 Å². The second-order valence-electron chi connectivity index (χ2n) is 7.53. The van der Waals surface area contributed by atoms with E-state index in [0.717, 1.165) is 30.4 Å². The van der Waals surface area contributed by atoms with Crippen LogP contribution in [0.2, 0.25) is 5.02 Å². The molecule has 31 heavy (non-hydrogen) atoms. The molecule has 0 atom stereocenters. The molecule has 1 aromatic carbocycles. The largest absolute Gasteiger partial charge is 0.425 e. The predicted molar refractivity (Wildman–Crippen MR) is 114 cm³/mol. The van der Waals surface area contributed by atoms with Crippen LogP contribution >= 0.6 is 11.6 Å². The van der Waals surface area contributed by atoms with E-state index in [1.54, 1.807) is 19.1 Å². The molecule has 1 aliphatic heterocycles. The average molecular weight is 442 g/mol. The zero-order valence-corrected chi connectivity index (χ0v) is 18.3. The van der Waals surface area contributed by atoms with E-state index in [1.807, 2.05) is 30.0 Å². The Morgan fingerprint density at radius 3 is 2.74 bits per heavy atom. The Labute approximate surface area is 185 Å². The fourth-order valence-corrected chi connectivity index (χ4v) is 3.80. The number of piperidine rings is 1. The van der Waals surface area contributed by atoms with Gasteiger partial charge < -0.3 is 9.32 Å². The van der Waals surface area contributed by atoms with Gasteiger partial charge >= 0.3 is 0 Å². The van der Waals surface area contributed by atoms with Crippen LogP contribution in [0.5, 0.6) is 0 Å². The average Bonchev–Trinajstić information content (AvgIpc) is 3.42. The van der Waals surface area contributed by atoms with Crippen molar-refractivity contribution in [2.45, 2.75) is 45.6 Å². The number of rotatable bonds is 6. The van der Waals surface area contributed by atoms with Crippen LogP contribution in [-0.4, -0.2) is 54.3 Å². The van der Waals surface area contributed by atoms with E-state index in [9.17, 15) is 4.79 Å². The van der Waals surface area contributed by atoms with Crippen molar-refractivity contribution >= 4 is 23.6 Å². The Morgan fingerprint density at radius 2 is 2.06 bits per heavy atom. The topological polar surface area (TPSA) is 103 Å². The first-order chi connectivity index (χ1) is 15.0. The van der Waals surface area contributed by atoms with Gasteiger partial charge in [0.15, 0.2) is 5.82 Å². The van der Waals surface area contributed by atoms with E-state index < -0.39 is 0 Å². The summed E-state index contributed by atoms with van der Waals surface area (Å²) in [6.45, 7) is 5.51. The number of hydrogen-bond acceptors (Lipinski definition) is 7. The van der Waals surface area contributed by atoms with E-state index in [4.69, 9.17) is 16.0 Å². The van der Waals surface area contributed by atoms with Crippen LogP contribution in [0.3, 0.4) is 0 Å². The van der Waals surface area contributed by atoms with E-state index in [2.05, 4.69) is 25.6 Å². The van der Waals surface area contributed by atoms with Crippen molar-refractivity contribution in [1.29, 1.82) is 0 Å². The van der Waals surface area contributed by atoms with Crippen LogP contribution in [0.15, 0.2) is 28.7 Å². The molecule has 0 spiro atoms. The lowest BCUT2D eigenvalue weighted by molar-refractivity contribution is -0.127. The van der Waals surface area contributed by atoms with Crippen molar-refractivity contribution < 1.29 is 9.21 Å². The molecule has 0 unspecified atom stereocenters. The van der Waals surface area contributed by atoms with Gasteiger partial charge in [-0.3, -0.25) is 4.79 Å². The molecule has 1 aliphatic rings. The fraction of sp³-hybridized carbons (Fsp3) is 0.429. The third-order valence-corrected chi connectivity index (χ3v) is 5.55. The molecule has 2 aromatic heterocycles. The van der Waals surface area contributed by atoms with Crippen LogP contribution < -0.4 is 0 Å². The molecule has 0 radical (unpaired) electrons. The molecule has 0 saturated carbocycles. The fourth-order valence-electron chi connectivity index (χ4n) is 3.60. The van der Waals surface area contributed by atoms with Gasteiger partial charge in [-0.2, -0.15) is 4.80 Å². The smallest absolute Gasteiger partial charge is 0.246 e. The third kappa shape index (κ3) is 5.16. The number of tetrazole rings is 1. The quantitative estimate of drug-likeness (QED) is 0.541. The first kappa shape index (κ1) is 21.2. The lowest BCUT2D eigenvalue weighted by atomic mass is 9.96. The van der Waals surface area contributed by atoms with Crippen molar-refractivity contribution in [2.24, 2.45) is 0 Å². The zero-order valence-electron chi connectivity index (χ0n) is 17.5. The summed E-state index contributed by atoms with van der Waals surface area (Å²) in [6, 6.07) is 5.54. The summed E-state index contributed by atoms with van der Waals surface area (Å²) in [5, 5.41) is 20.9. The maximum atomic E-state index is 12.7. The summed E-state index contributed by atoms with van der Waals surface area (Å²) in [4.78, 5) is 16.1. The first-order valence-corrected chi connectivity index (χ1v) is 10.7. The van der Waals surface area contributed by atoms with Gasteiger partial charge in [0.05, 0.1) is 6.54 Å². The highest BCUT2D eigenvalue weighted by Crippen LogP contribution is 2.27. The minimum absolute atomic E-state index is 0.0196. The molecule has 0 bridgehead atoms. The van der Waals surface area contributed by atoms with Crippen LogP contribution in [0.25, 0.3) is 6.08 Å². The van der Waals surface area contributed by atoms with Gasteiger partial charge in [0, 0.05) is 36.5 Å². The SMILES string of the molecule is CCc1nnc(C2CCN(C(=O)C=Cc3ccc(Cl)cc3Cn3nnc(C)n3)CC2)o1. The summed E-state index contributed by atoms with van der Waals surface area (Å²) < 4.78 is 5.68. The summed E-state index contributed by atoms with van der Waals surface area (Å²) in [5.41, 5.74) is 1.80. The highest BCUT2D eigenvalue weighted by Gasteiger charge is 2.26. The highest BCUT2D eigenvalue weighted by atomic mass is 35.5. The van der Waals surface area contributed by atoms with E-state index >= 15 is 0 Å². The van der Waals surface area contributed by atoms with Crippen molar-refractivity contribution in [3.63, 3.8) is 0 Å². The monoisotopic (exact) mass is 441 g/mol. The second kappa shape index (κ2) is 9.38. The number of carbonyl (C=O) groups excluding carboxylic acids is 1. The van der Waals surface area contributed by atoms with Gasteiger partial charge in [0.2, 0.25) is 17.7 Å². The number of amides is 1. The lowest BCUT2D eigenvalue weighted by Crippen LogP contribution is -2.36. The standard InChI is InChI=1S/C21H24ClN7O2/c1-3-19-24-25-21(31-19)16-8-10-28(11-9-16)20(30)7-5-15-4-6-18(22)12-17(15)13-29-26-14(2)23-27-29/h4-7,12,16H,3,8-11,13H2,1-2H3. The van der Waals surface area contributed by atoms with Gasteiger partial charge in [-0.05, 0) is 54.3 Å². The molecule has 162 valence electrons. The van der Waals surface area contributed by atoms with Gasteiger partial charge in [0.1, 0.15) is 0 Å². The number of likely N-dealkylation sites (tertiary alicyclic amines) is 1. The van der Waals surface area contributed by atoms with E-state index in [0.29, 0.717) is 42.3 Å². The summed E-state index contributed by atoms with van der Waals surface area (Å²) >= 11 is 6.17. The normalized spacial score (nSPS) is 15.1. The summed E-state index contributed by atoms with van der Waals surface area (Å²) in [7, 11) is 0. The molecule has 1 saturated heterocycles. The molecule has 9 nitrogen and oxygen atoms in total. The molecule has 3 aromatic rings. The van der Waals surface area contributed by atoms with Gasteiger partial charge in [-0.1, -0.05) is 24.6 Å². The van der Waals surface area contributed by atoms with Crippen LogP contribution in [0.4, 0.5) is 0 Å². The summed E-state index contributed by atoms with van der Waals surface area (Å²) in [6.07, 6.45) is 5.78. The zero-order chi connectivity index (χ0) is 21.8. The number of benzene rings is 1. The van der Waals surface area contributed by atoms with Crippen molar-refractivity contribution in [1.82, 2.24) is 35.3 Å². The minimum Gasteiger partial charge on any atom is -0.425 e. The number of halogens is 1. The maximum Gasteiger partial charge on any atom is 0.246 e. The molecular formula is C21H24ClN7O2. The van der Waals surface area contributed by atoms with Crippen LogP contribution in [0.1, 0.15) is 54.4 Å². The molecular weight excluding hydrogens is 418 g/mol. The Balaban J connectivity index is 1.39. The van der Waals surface area contributed by atoms with Crippen molar-refractivity contribution in [3.8, 4) is 0 Å². The van der Waals surface area contributed by atoms with E-state index in [1.165, 1.54) is 4.80 Å². The number of nitrogens with zero attached hydrogens (tertiary/aromatic N) is 7. The second-order valence-corrected chi connectivity index (χ2v) is 7.97. The van der Waals surface area contributed by atoms with Crippen LogP contribution in [0, 0.1) is 6.92 Å². The molecule has 1 amide bonds.